The maximum atomic E-state index is 12.2. The van der Waals surface area contributed by atoms with E-state index in [9.17, 15) is 9.59 Å². The molecule has 1 amide bonds. The number of amides is 1. The van der Waals surface area contributed by atoms with E-state index in [1.54, 1.807) is 7.11 Å². The number of carbonyl (C=O) groups excluding carboxylic acids is 2. The highest BCUT2D eigenvalue weighted by Crippen LogP contribution is 2.32. The van der Waals surface area contributed by atoms with Crippen LogP contribution >= 0.6 is 0 Å². The molecule has 1 heterocycles. The zero-order chi connectivity index (χ0) is 15.2. The van der Waals surface area contributed by atoms with Gasteiger partial charge in [-0.2, -0.15) is 0 Å². The molecule has 0 saturated carbocycles. The van der Waals surface area contributed by atoms with E-state index < -0.39 is 5.41 Å². The van der Waals surface area contributed by atoms with Gasteiger partial charge in [0.15, 0.2) is 0 Å². The van der Waals surface area contributed by atoms with Gasteiger partial charge in [-0.05, 0) is 33.1 Å². The first-order valence-corrected chi connectivity index (χ1v) is 7.40. The number of nitrogens with zero attached hydrogens (tertiary/aromatic N) is 1. The van der Waals surface area contributed by atoms with E-state index in [-0.39, 0.29) is 24.5 Å². The molecule has 1 aliphatic heterocycles. The van der Waals surface area contributed by atoms with Crippen molar-refractivity contribution in [2.75, 3.05) is 26.9 Å². The fourth-order valence-electron chi connectivity index (χ4n) is 2.66. The van der Waals surface area contributed by atoms with Crippen molar-refractivity contribution < 1.29 is 19.1 Å². The van der Waals surface area contributed by atoms with Crippen molar-refractivity contribution in [3.05, 3.63) is 0 Å². The van der Waals surface area contributed by atoms with Gasteiger partial charge in [0.05, 0.1) is 12.0 Å². The van der Waals surface area contributed by atoms with Crippen molar-refractivity contribution in [3.8, 4) is 0 Å². The Labute approximate surface area is 121 Å². The highest BCUT2D eigenvalue weighted by Gasteiger charge is 2.37. The number of ether oxygens (including phenoxy) is 2. The molecule has 116 valence electrons. The number of esters is 1. The van der Waals surface area contributed by atoms with Gasteiger partial charge in [0.25, 0.3) is 0 Å². The molecular formula is C15H27NO4. The highest BCUT2D eigenvalue weighted by atomic mass is 16.6. The van der Waals surface area contributed by atoms with Crippen molar-refractivity contribution in [3.63, 3.8) is 0 Å². The second kappa shape index (κ2) is 7.62. The molecule has 0 N–H and O–H groups in total. The van der Waals surface area contributed by atoms with Crippen molar-refractivity contribution in [2.45, 2.75) is 52.5 Å². The Bertz CT molecular complexity index is 345. The van der Waals surface area contributed by atoms with Gasteiger partial charge in [0, 0.05) is 26.1 Å². The lowest BCUT2D eigenvalue weighted by atomic mass is 9.81. The summed E-state index contributed by atoms with van der Waals surface area (Å²) in [6.07, 6.45) is 2.89. The summed E-state index contributed by atoms with van der Waals surface area (Å²) in [5, 5.41) is 0. The van der Waals surface area contributed by atoms with Crippen LogP contribution in [-0.2, 0) is 19.1 Å². The minimum Gasteiger partial charge on any atom is -0.463 e. The van der Waals surface area contributed by atoms with Crippen molar-refractivity contribution in [1.29, 1.82) is 0 Å². The van der Waals surface area contributed by atoms with Gasteiger partial charge in [-0.3, -0.25) is 9.59 Å². The van der Waals surface area contributed by atoms with Crippen LogP contribution in [0.3, 0.4) is 0 Å². The molecule has 1 fully saturated rings. The Hall–Kier alpha value is -1.10. The third kappa shape index (κ3) is 4.20. The minimum atomic E-state index is -0.546. The van der Waals surface area contributed by atoms with Gasteiger partial charge in [0.1, 0.15) is 6.61 Å². The first-order valence-electron chi connectivity index (χ1n) is 7.40. The predicted octanol–water partition coefficient (Wildman–Crippen LogP) is 1.99. The average molecular weight is 285 g/mol. The first kappa shape index (κ1) is 17.0. The van der Waals surface area contributed by atoms with E-state index in [4.69, 9.17) is 9.47 Å². The zero-order valence-corrected chi connectivity index (χ0v) is 13.1. The number of methoxy groups -OCH3 is 1. The smallest absolute Gasteiger partial charge is 0.311 e. The molecule has 1 aliphatic rings. The molecule has 20 heavy (non-hydrogen) atoms. The quantitative estimate of drug-likeness (QED) is 0.505. The van der Waals surface area contributed by atoms with Crippen molar-refractivity contribution in [1.82, 2.24) is 4.90 Å². The summed E-state index contributed by atoms with van der Waals surface area (Å²) in [4.78, 5) is 25.9. The number of carbonyl (C=O) groups is 2. The van der Waals surface area contributed by atoms with Gasteiger partial charge >= 0.3 is 5.97 Å². The van der Waals surface area contributed by atoms with Crippen molar-refractivity contribution in [2.24, 2.45) is 5.41 Å². The molecule has 0 aromatic rings. The van der Waals surface area contributed by atoms with E-state index in [2.05, 4.69) is 0 Å². The second-order valence-corrected chi connectivity index (χ2v) is 5.79. The fraction of sp³-hybridized carbons (Fsp3) is 0.867. The summed E-state index contributed by atoms with van der Waals surface area (Å²) < 4.78 is 10.1. The molecule has 1 rings (SSSR count). The lowest BCUT2D eigenvalue weighted by Crippen LogP contribution is -2.41. The van der Waals surface area contributed by atoms with E-state index in [1.807, 2.05) is 25.7 Å². The summed E-state index contributed by atoms with van der Waals surface area (Å²) >= 11 is 0. The van der Waals surface area contributed by atoms with Crippen LogP contribution in [0, 0.1) is 5.41 Å². The van der Waals surface area contributed by atoms with Gasteiger partial charge in [-0.1, -0.05) is 6.92 Å². The van der Waals surface area contributed by atoms with Gasteiger partial charge in [-0.15, -0.1) is 0 Å². The van der Waals surface area contributed by atoms with Crippen LogP contribution in [0.1, 0.15) is 46.5 Å². The van der Waals surface area contributed by atoms with Crippen molar-refractivity contribution >= 4 is 11.9 Å². The second-order valence-electron chi connectivity index (χ2n) is 5.79. The fourth-order valence-corrected chi connectivity index (χ4v) is 2.66. The molecule has 0 spiro atoms. The Kier molecular flexibility index (Phi) is 6.46. The van der Waals surface area contributed by atoms with E-state index in [1.165, 1.54) is 0 Å². The van der Waals surface area contributed by atoms with Crippen LogP contribution in [0.25, 0.3) is 0 Å². The predicted molar refractivity (Wildman–Crippen MR) is 76.3 cm³/mol. The van der Waals surface area contributed by atoms with Gasteiger partial charge in [-0.25, -0.2) is 0 Å². The largest absolute Gasteiger partial charge is 0.463 e. The Balaban J connectivity index is 2.58. The van der Waals surface area contributed by atoms with Crippen LogP contribution in [0.4, 0.5) is 0 Å². The molecule has 5 heteroatoms. The Morgan fingerprint density at radius 1 is 1.45 bits per heavy atom. The molecule has 5 nitrogen and oxygen atoms in total. The molecule has 0 radical (unpaired) electrons. The van der Waals surface area contributed by atoms with E-state index in [0.29, 0.717) is 25.9 Å². The minimum absolute atomic E-state index is 0.0740. The third-order valence-electron chi connectivity index (χ3n) is 4.18. The monoisotopic (exact) mass is 285 g/mol. The van der Waals surface area contributed by atoms with E-state index in [0.717, 1.165) is 13.0 Å². The average Bonchev–Trinajstić information content (AvgIpc) is 2.85. The van der Waals surface area contributed by atoms with Crippen LogP contribution < -0.4 is 0 Å². The molecule has 2 atom stereocenters. The summed E-state index contributed by atoms with van der Waals surface area (Å²) in [5.41, 5.74) is -0.546. The summed E-state index contributed by atoms with van der Waals surface area (Å²) in [6.45, 7) is 7.40. The van der Waals surface area contributed by atoms with Gasteiger partial charge < -0.3 is 14.4 Å². The topological polar surface area (TPSA) is 55.8 Å². The standard InChI is InChI=1S/C15H27NO4/c1-5-15(3,14(18)20-10-9-19-4)11-12(2)16-8-6-7-13(16)17/h12H,5-11H2,1-4H3. The number of hydrogen-bond donors (Lipinski definition) is 0. The van der Waals surface area contributed by atoms with Crippen LogP contribution in [0.2, 0.25) is 0 Å². The number of hydrogen-bond acceptors (Lipinski definition) is 4. The maximum absolute atomic E-state index is 12.2. The molecular weight excluding hydrogens is 258 g/mol. The van der Waals surface area contributed by atoms with E-state index >= 15 is 0 Å². The number of likely N-dealkylation sites (tertiary alicyclic amines) is 1. The molecule has 0 aromatic heterocycles. The Morgan fingerprint density at radius 2 is 2.15 bits per heavy atom. The molecule has 0 bridgehead atoms. The Morgan fingerprint density at radius 3 is 2.65 bits per heavy atom. The summed E-state index contributed by atoms with van der Waals surface area (Å²) in [5.74, 6) is -0.000695. The number of rotatable bonds is 8. The third-order valence-corrected chi connectivity index (χ3v) is 4.18. The lowest BCUT2D eigenvalue weighted by Gasteiger charge is -2.33. The first-order chi connectivity index (χ1) is 9.44. The SMILES string of the molecule is CCC(C)(CC(C)N1CCCC1=O)C(=O)OCCOC. The van der Waals surface area contributed by atoms with Gasteiger partial charge in [0.2, 0.25) is 5.91 Å². The normalized spacial score (nSPS) is 19.8. The summed E-state index contributed by atoms with van der Waals surface area (Å²) in [7, 11) is 1.58. The zero-order valence-electron chi connectivity index (χ0n) is 13.1. The van der Waals surface area contributed by atoms with Crippen LogP contribution in [0.15, 0.2) is 0 Å². The van der Waals surface area contributed by atoms with Crippen LogP contribution in [0.5, 0.6) is 0 Å². The lowest BCUT2D eigenvalue weighted by molar-refractivity contribution is -0.158. The van der Waals surface area contributed by atoms with Crippen LogP contribution in [-0.4, -0.2) is 49.7 Å². The molecule has 1 saturated heterocycles. The summed E-state index contributed by atoms with van der Waals surface area (Å²) in [6, 6.07) is 0.0740. The molecule has 0 aliphatic carbocycles. The molecule has 2 unspecified atom stereocenters. The molecule has 0 aromatic carbocycles. The maximum Gasteiger partial charge on any atom is 0.311 e. The highest BCUT2D eigenvalue weighted by molar-refractivity contribution is 5.79.